The molecule has 1 aromatic heterocycles. The highest BCUT2D eigenvalue weighted by atomic mass is 127. The Morgan fingerprint density at radius 3 is 2.35 bits per heavy atom. The number of fused-ring (bicyclic) bond motifs is 1. The molecule has 0 bridgehead atoms. The molecule has 1 aromatic carbocycles. The van der Waals surface area contributed by atoms with Gasteiger partial charge < -0.3 is 15.7 Å². The topological polar surface area (TPSA) is 94.0 Å². The first-order valence-corrected chi connectivity index (χ1v) is 11.1. The van der Waals surface area contributed by atoms with Crippen molar-refractivity contribution in [2.24, 2.45) is 4.99 Å². The van der Waals surface area contributed by atoms with Gasteiger partial charge in [0, 0.05) is 24.5 Å². The number of benzene rings is 1. The zero-order valence-electron chi connectivity index (χ0n) is 17.8. The van der Waals surface area contributed by atoms with Crippen LogP contribution < -0.4 is 10.6 Å². The normalized spacial score (nSPS) is 15.3. The van der Waals surface area contributed by atoms with Gasteiger partial charge in [-0.3, -0.25) is 14.5 Å². The summed E-state index contributed by atoms with van der Waals surface area (Å²) in [7, 11) is 0. The van der Waals surface area contributed by atoms with E-state index in [0.29, 0.717) is 43.1 Å². The number of rotatable bonds is 9. The fraction of sp³-hybridized carbons (Fsp3) is 0.409. The van der Waals surface area contributed by atoms with Crippen LogP contribution >= 0.6 is 35.3 Å². The maximum atomic E-state index is 12.4. The SMILES string of the molecule is CCNC(=NCC(C)(O)c1cccs1)NCCCCN1C(=O)c2ccccc2C1=O.I. The number of imide groups is 1. The Balaban J connectivity index is 0.00000341. The minimum Gasteiger partial charge on any atom is -0.383 e. The molecule has 0 aliphatic carbocycles. The van der Waals surface area contributed by atoms with Gasteiger partial charge in [-0.15, -0.1) is 35.3 Å². The van der Waals surface area contributed by atoms with Crippen molar-refractivity contribution in [2.45, 2.75) is 32.3 Å². The largest absolute Gasteiger partial charge is 0.383 e. The molecule has 168 valence electrons. The van der Waals surface area contributed by atoms with Crippen molar-refractivity contribution in [3.05, 3.63) is 57.8 Å². The van der Waals surface area contributed by atoms with Crippen LogP contribution in [0.2, 0.25) is 0 Å². The van der Waals surface area contributed by atoms with Crippen molar-refractivity contribution >= 4 is 53.1 Å². The van der Waals surface area contributed by atoms with Crippen LogP contribution in [0.3, 0.4) is 0 Å². The van der Waals surface area contributed by atoms with Gasteiger partial charge in [0.05, 0.1) is 17.7 Å². The summed E-state index contributed by atoms with van der Waals surface area (Å²) < 4.78 is 0. The standard InChI is InChI=1S/C22H28N4O3S.HI/c1-3-23-21(25-15-22(2,29)18-11-8-14-30-18)24-12-6-7-13-26-19(27)16-9-4-5-10-17(16)20(26)28;/h4-5,8-11,14,29H,3,6-7,12-13,15H2,1-2H3,(H2,23,24,25);1H. The lowest BCUT2D eigenvalue weighted by molar-refractivity contribution is 0.0651. The van der Waals surface area contributed by atoms with Crippen molar-refractivity contribution < 1.29 is 14.7 Å². The molecule has 2 heterocycles. The monoisotopic (exact) mass is 556 g/mol. The van der Waals surface area contributed by atoms with E-state index >= 15 is 0 Å². The maximum Gasteiger partial charge on any atom is 0.261 e. The number of carbonyl (C=O) groups is 2. The van der Waals surface area contributed by atoms with Crippen LogP contribution in [0.15, 0.2) is 46.8 Å². The van der Waals surface area contributed by atoms with E-state index in [1.54, 1.807) is 31.2 Å². The third-order valence-electron chi connectivity index (χ3n) is 4.92. The van der Waals surface area contributed by atoms with Gasteiger partial charge in [-0.05, 0) is 50.3 Å². The van der Waals surface area contributed by atoms with Gasteiger partial charge in [0.1, 0.15) is 5.60 Å². The molecule has 0 saturated heterocycles. The molecule has 0 radical (unpaired) electrons. The van der Waals surface area contributed by atoms with E-state index in [4.69, 9.17) is 0 Å². The van der Waals surface area contributed by atoms with Crippen LogP contribution in [0.1, 0.15) is 52.3 Å². The highest BCUT2D eigenvalue weighted by molar-refractivity contribution is 14.0. The molecular formula is C22H29IN4O3S. The molecule has 7 nitrogen and oxygen atoms in total. The molecule has 0 fully saturated rings. The predicted molar refractivity (Wildman–Crippen MR) is 134 cm³/mol. The van der Waals surface area contributed by atoms with Gasteiger partial charge in [0.25, 0.3) is 11.8 Å². The van der Waals surface area contributed by atoms with E-state index in [1.807, 2.05) is 24.4 Å². The van der Waals surface area contributed by atoms with Crippen molar-refractivity contribution in [1.82, 2.24) is 15.5 Å². The van der Waals surface area contributed by atoms with Crippen molar-refractivity contribution in [1.29, 1.82) is 0 Å². The molecule has 1 aliphatic heterocycles. The Morgan fingerprint density at radius 1 is 1.10 bits per heavy atom. The number of unbranched alkanes of at least 4 members (excludes halogenated alkanes) is 1. The number of guanidine groups is 1. The number of carbonyl (C=O) groups excluding carboxylic acids is 2. The minimum absolute atomic E-state index is 0. The second-order valence-electron chi connectivity index (χ2n) is 7.39. The zero-order chi connectivity index (χ0) is 21.6. The number of aliphatic imine (C=N–C) groups is 1. The molecule has 2 amide bonds. The molecule has 1 atom stereocenters. The number of amides is 2. The highest BCUT2D eigenvalue weighted by Crippen LogP contribution is 2.25. The molecule has 2 aromatic rings. The van der Waals surface area contributed by atoms with Gasteiger partial charge in [-0.25, -0.2) is 4.99 Å². The average molecular weight is 556 g/mol. The Bertz CT molecular complexity index is 880. The Kier molecular flexibility index (Phi) is 9.45. The number of halogens is 1. The lowest BCUT2D eigenvalue weighted by Crippen LogP contribution is -2.39. The quantitative estimate of drug-likeness (QED) is 0.145. The molecule has 0 spiro atoms. The Morgan fingerprint density at radius 2 is 1.77 bits per heavy atom. The first-order chi connectivity index (χ1) is 14.4. The van der Waals surface area contributed by atoms with Crippen molar-refractivity contribution in [3.63, 3.8) is 0 Å². The number of aliphatic hydroxyl groups is 1. The highest BCUT2D eigenvalue weighted by Gasteiger charge is 2.34. The molecule has 1 unspecified atom stereocenters. The summed E-state index contributed by atoms with van der Waals surface area (Å²) in [6, 6.07) is 10.8. The first kappa shape index (κ1) is 25.3. The van der Waals surface area contributed by atoms with Crippen LogP contribution in [0.5, 0.6) is 0 Å². The Labute approximate surface area is 204 Å². The number of nitrogens with one attached hydrogen (secondary N) is 2. The Hall–Kier alpha value is -1.98. The molecule has 1 aliphatic rings. The molecular weight excluding hydrogens is 527 g/mol. The average Bonchev–Trinajstić information content (AvgIpc) is 3.36. The van der Waals surface area contributed by atoms with Gasteiger partial charge in [-0.1, -0.05) is 18.2 Å². The third-order valence-corrected chi connectivity index (χ3v) is 6.04. The second kappa shape index (κ2) is 11.6. The molecule has 3 rings (SSSR count). The second-order valence-corrected chi connectivity index (χ2v) is 8.34. The minimum atomic E-state index is -1.01. The fourth-order valence-electron chi connectivity index (χ4n) is 3.28. The van der Waals surface area contributed by atoms with Gasteiger partial charge in [-0.2, -0.15) is 0 Å². The van der Waals surface area contributed by atoms with Gasteiger partial charge in [0.2, 0.25) is 0 Å². The summed E-state index contributed by atoms with van der Waals surface area (Å²) in [6.07, 6.45) is 1.48. The van der Waals surface area contributed by atoms with E-state index in [1.165, 1.54) is 16.2 Å². The number of nitrogens with zero attached hydrogens (tertiary/aromatic N) is 2. The van der Waals surface area contributed by atoms with Crippen LogP contribution in [0.25, 0.3) is 0 Å². The first-order valence-electron chi connectivity index (χ1n) is 10.2. The van der Waals surface area contributed by atoms with E-state index in [2.05, 4.69) is 15.6 Å². The number of hydrogen-bond donors (Lipinski definition) is 3. The zero-order valence-corrected chi connectivity index (χ0v) is 20.9. The van der Waals surface area contributed by atoms with Crippen LogP contribution in [0, 0.1) is 0 Å². The molecule has 0 saturated carbocycles. The maximum absolute atomic E-state index is 12.4. The van der Waals surface area contributed by atoms with E-state index in [9.17, 15) is 14.7 Å². The van der Waals surface area contributed by atoms with Crippen molar-refractivity contribution in [2.75, 3.05) is 26.2 Å². The summed E-state index contributed by atoms with van der Waals surface area (Å²) in [5, 5.41) is 19.0. The van der Waals surface area contributed by atoms with Crippen LogP contribution in [0.4, 0.5) is 0 Å². The summed E-state index contributed by atoms with van der Waals surface area (Å²) in [5.41, 5.74) is -0.0397. The lowest BCUT2D eigenvalue weighted by atomic mass is 10.1. The number of thiophene rings is 1. The lowest BCUT2D eigenvalue weighted by Gasteiger charge is -2.20. The van der Waals surface area contributed by atoms with E-state index in [-0.39, 0.29) is 42.3 Å². The summed E-state index contributed by atoms with van der Waals surface area (Å²) in [6.45, 7) is 5.75. The molecule has 3 N–H and O–H groups in total. The van der Waals surface area contributed by atoms with Crippen molar-refractivity contribution in [3.8, 4) is 0 Å². The third kappa shape index (κ3) is 6.27. The van der Waals surface area contributed by atoms with Gasteiger partial charge in [0.15, 0.2) is 5.96 Å². The fourth-order valence-corrected chi connectivity index (χ4v) is 4.06. The van der Waals surface area contributed by atoms with E-state index in [0.717, 1.165) is 11.3 Å². The summed E-state index contributed by atoms with van der Waals surface area (Å²) in [5.74, 6) is 0.207. The summed E-state index contributed by atoms with van der Waals surface area (Å²) in [4.78, 5) is 31.5. The number of hydrogen-bond acceptors (Lipinski definition) is 5. The molecule has 31 heavy (non-hydrogen) atoms. The van der Waals surface area contributed by atoms with E-state index < -0.39 is 5.60 Å². The van der Waals surface area contributed by atoms with Crippen LogP contribution in [-0.4, -0.2) is 54.0 Å². The van der Waals surface area contributed by atoms with Crippen LogP contribution in [-0.2, 0) is 5.60 Å². The van der Waals surface area contributed by atoms with Gasteiger partial charge >= 0.3 is 0 Å². The molecule has 9 heteroatoms. The summed E-state index contributed by atoms with van der Waals surface area (Å²) >= 11 is 1.51. The smallest absolute Gasteiger partial charge is 0.261 e. The predicted octanol–water partition coefficient (Wildman–Crippen LogP) is 3.21.